The Hall–Kier alpha value is -1.67. The molecule has 1 aromatic heterocycles. The number of amides is 1. The van der Waals surface area contributed by atoms with Crippen LogP contribution in [0.25, 0.3) is 0 Å². The zero-order valence-corrected chi connectivity index (χ0v) is 16.4. The predicted octanol–water partition coefficient (Wildman–Crippen LogP) is 1.55. The molecule has 2 aliphatic heterocycles. The van der Waals surface area contributed by atoms with Crippen molar-refractivity contribution < 1.29 is 17.9 Å². The van der Waals surface area contributed by atoms with Gasteiger partial charge in [0.2, 0.25) is 0 Å². The summed E-state index contributed by atoms with van der Waals surface area (Å²) in [7, 11) is -3.17. The molecule has 2 atom stereocenters. The van der Waals surface area contributed by atoms with Gasteiger partial charge < -0.3 is 9.64 Å². The molecule has 1 aromatic rings. The fourth-order valence-corrected chi connectivity index (χ4v) is 5.55. The standard InChI is InChI=1S/C18H27N3O4S/c1-18(2,3)13-25-17(22)21-8-7-20(10-14-5-4-6-19-9-14)15-11-26(23,24)12-16(15)21/h4-6,9,15-16H,7-8,10-13H2,1-3H3/t15-,16+/m1/s1. The van der Waals surface area contributed by atoms with Gasteiger partial charge in [0.15, 0.2) is 9.84 Å². The lowest BCUT2D eigenvalue weighted by molar-refractivity contribution is 0.0161. The van der Waals surface area contributed by atoms with Crippen LogP contribution >= 0.6 is 0 Å². The second kappa shape index (κ2) is 7.15. The first kappa shape index (κ1) is 19.1. The Morgan fingerprint density at radius 1 is 1.27 bits per heavy atom. The first-order chi connectivity index (χ1) is 12.1. The SMILES string of the molecule is CC(C)(C)COC(=O)N1CCN(Cc2cccnc2)[C@@H]2CS(=O)(=O)C[C@@H]21. The molecule has 0 bridgehead atoms. The number of aromatic nitrogens is 1. The molecule has 0 aromatic carbocycles. The largest absolute Gasteiger partial charge is 0.449 e. The number of hydrogen-bond donors (Lipinski definition) is 0. The van der Waals surface area contributed by atoms with Gasteiger partial charge in [0.25, 0.3) is 0 Å². The Bertz CT molecular complexity index is 745. The van der Waals surface area contributed by atoms with E-state index in [1.165, 1.54) is 0 Å². The van der Waals surface area contributed by atoms with Crippen LogP contribution in [0.5, 0.6) is 0 Å². The van der Waals surface area contributed by atoms with Crippen LogP contribution in [0, 0.1) is 5.41 Å². The van der Waals surface area contributed by atoms with E-state index < -0.39 is 15.9 Å². The highest BCUT2D eigenvalue weighted by atomic mass is 32.2. The van der Waals surface area contributed by atoms with Crippen LogP contribution in [-0.4, -0.2) is 72.6 Å². The smallest absolute Gasteiger partial charge is 0.410 e. The minimum atomic E-state index is -3.17. The summed E-state index contributed by atoms with van der Waals surface area (Å²) in [5.74, 6) is 0.0901. The molecule has 7 nitrogen and oxygen atoms in total. The average Bonchev–Trinajstić information content (AvgIpc) is 2.88. The second-order valence-electron chi connectivity index (χ2n) is 8.35. The number of rotatable bonds is 3. The first-order valence-corrected chi connectivity index (χ1v) is 10.7. The summed E-state index contributed by atoms with van der Waals surface area (Å²) in [5, 5.41) is 0. The number of fused-ring (bicyclic) bond motifs is 1. The number of piperazine rings is 1. The van der Waals surface area contributed by atoms with E-state index in [-0.39, 0.29) is 29.0 Å². The number of ether oxygens (including phenoxy) is 1. The summed E-state index contributed by atoms with van der Waals surface area (Å²) in [6.45, 7) is 8.02. The van der Waals surface area contributed by atoms with Crippen molar-refractivity contribution in [1.29, 1.82) is 0 Å². The normalized spacial score (nSPS) is 25.7. The number of pyridine rings is 1. The highest BCUT2D eigenvalue weighted by Gasteiger charge is 2.48. The lowest BCUT2D eigenvalue weighted by Gasteiger charge is -2.43. The highest BCUT2D eigenvalue weighted by Crippen LogP contribution is 2.29. The average molecular weight is 381 g/mol. The van der Waals surface area contributed by atoms with Gasteiger partial charge >= 0.3 is 6.09 Å². The van der Waals surface area contributed by atoms with Gasteiger partial charge in [-0.1, -0.05) is 26.8 Å². The lowest BCUT2D eigenvalue weighted by Crippen LogP contribution is -2.60. The molecule has 0 radical (unpaired) electrons. The van der Waals surface area contributed by atoms with Gasteiger partial charge in [-0.25, -0.2) is 13.2 Å². The van der Waals surface area contributed by atoms with Crippen LogP contribution in [0.1, 0.15) is 26.3 Å². The molecule has 0 saturated carbocycles. The molecule has 144 valence electrons. The molecule has 3 rings (SSSR count). The van der Waals surface area contributed by atoms with Gasteiger partial charge in [-0.15, -0.1) is 0 Å². The zero-order valence-electron chi connectivity index (χ0n) is 15.6. The van der Waals surface area contributed by atoms with Crippen LogP contribution < -0.4 is 0 Å². The zero-order chi connectivity index (χ0) is 18.9. The molecule has 0 spiro atoms. The molecular weight excluding hydrogens is 354 g/mol. The highest BCUT2D eigenvalue weighted by molar-refractivity contribution is 7.91. The summed E-state index contributed by atoms with van der Waals surface area (Å²) in [6.07, 6.45) is 3.10. The van der Waals surface area contributed by atoms with E-state index in [4.69, 9.17) is 4.74 Å². The number of nitrogens with zero attached hydrogens (tertiary/aromatic N) is 3. The molecule has 8 heteroatoms. The van der Waals surface area contributed by atoms with Crippen LogP contribution in [0.4, 0.5) is 4.79 Å². The van der Waals surface area contributed by atoms with Crippen molar-refractivity contribution in [2.75, 3.05) is 31.2 Å². The topological polar surface area (TPSA) is 79.8 Å². The second-order valence-corrected chi connectivity index (χ2v) is 10.5. The molecule has 1 amide bonds. The first-order valence-electron chi connectivity index (χ1n) is 8.91. The van der Waals surface area contributed by atoms with Gasteiger partial charge in [-0.05, 0) is 17.0 Å². The van der Waals surface area contributed by atoms with E-state index in [0.717, 1.165) is 5.56 Å². The number of carbonyl (C=O) groups is 1. The van der Waals surface area contributed by atoms with E-state index >= 15 is 0 Å². The van der Waals surface area contributed by atoms with Crippen molar-refractivity contribution in [2.24, 2.45) is 5.41 Å². The lowest BCUT2D eigenvalue weighted by atomic mass is 9.99. The minimum Gasteiger partial charge on any atom is -0.449 e. The molecule has 0 unspecified atom stereocenters. The maximum absolute atomic E-state index is 12.5. The van der Waals surface area contributed by atoms with Crippen LogP contribution in [0.3, 0.4) is 0 Å². The number of sulfone groups is 1. The van der Waals surface area contributed by atoms with Gasteiger partial charge in [-0.3, -0.25) is 9.88 Å². The molecule has 26 heavy (non-hydrogen) atoms. The minimum absolute atomic E-state index is 0.00578. The summed E-state index contributed by atoms with van der Waals surface area (Å²) in [4.78, 5) is 20.4. The molecule has 0 N–H and O–H groups in total. The fraction of sp³-hybridized carbons (Fsp3) is 0.667. The third-order valence-electron chi connectivity index (χ3n) is 4.76. The quantitative estimate of drug-likeness (QED) is 0.790. The Morgan fingerprint density at radius 2 is 2.00 bits per heavy atom. The van der Waals surface area contributed by atoms with Crippen molar-refractivity contribution in [1.82, 2.24) is 14.8 Å². The Labute approximate surface area is 155 Å². The van der Waals surface area contributed by atoms with Gasteiger partial charge in [-0.2, -0.15) is 0 Å². The maximum Gasteiger partial charge on any atom is 0.410 e. The molecular formula is C18H27N3O4S. The Kier molecular flexibility index (Phi) is 5.25. The van der Waals surface area contributed by atoms with Crippen LogP contribution in [0.2, 0.25) is 0 Å². The van der Waals surface area contributed by atoms with E-state index in [1.54, 1.807) is 17.3 Å². The summed E-state index contributed by atoms with van der Waals surface area (Å²) >= 11 is 0. The van der Waals surface area contributed by atoms with Gasteiger partial charge in [0.05, 0.1) is 24.2 Å². The summed E-state index contributed by atoms with van der Waals surface area (Å²) in [6, 6.07) is 3.31. The predicted molar refractivity (Wildman–Crippen MR) is 98.4 cm³/mol. The van der Waals surface area contributed by atoms with E-state index in [1.807, 2.05) is 32.9 Å². The van der Waals surface area contributed by atoms with Gasteiger partial charge in [0.1, 0.15) is 0 Å². The van der Waals surface area contributed by atoms with Crippen molar-refractivity contribution in [3.8, 4) is 0 Å². The molecule has 0 aliphatic carbocycles. The Balaban J connectivity index is 1.73. The molecule has 2 aliphatic rings. The Morgan fingerprint density at radius 3 is 2.65 bits per heavy atom. The van der Waals surface area contributed by atoms with E-state index in [0.29, 0.717) is 26.2 Å². The van der Waals surface area contributed by atoms with Crippen molar-refractivity contribution in [3.05, 3.63) is 30.1 Å². The number of hydrogen-bond acceptors (Lipinski definition) is 6. The summed E-state index contributed by atoms with van der Waals surface area (Å²) in [5.41, 5.74) is 0.915. The van der Waals surface area contributed by atoms with Crippen LogP contribution in [0.15, 0.2) is 24.5 Å². The van der Waals surface area contributed by atoms with Crippen molar-refractivity contribution in [3.63, 3.8) is 0 Å². The molecule has 2 fully saturated rings. The molecule has 2 saturated heterocycles. The van der Waals surface area contributed by atoms with E-state index in [9.17, 15) is 13.2 Å². The third-order valence-corrected chi connectivity index (χ3v) is 6.46. The summed E-state index contributed by atoms with van der Waals surface area (Å²) < 4.78 is 30.0. The molecule has 3 heterocycles. The third kappa shape index (κ3) is 4.54. The van der Waals surface area contributed by atoms with Crippen LogP contribution in [-0.2, 0) is 21.1 Å². The van der Waals surface area contributed by atoms with Crippen molar-refractivity contribution >= 4 is 15.9 Å². The van der Waals surface area contributed by atoms with E-state index in [2.05, 4.69) is 9.88 Å². The number of carbonyl (C=O) groups excluding carboxylic acids is 1. The monoisotopic (exact) mass is 381 g/mol. The maximum atomic E-state index is 12.5. The fourth-order valence-electron chi connectivity index (χ4n) is 3.54. The van der Waals surface area contributed by atoms with Crippen molar-refractivity contribution in [2.45, 2.75) is 39.4 Å². The van der Waals surface area contributed by atoms with Gasteiger partial charge in [0, 0.05) is 38.1 Å².